The Morgan fingerprint density at radius 3 is 2.62 bits per heavy atom. The minimum atomic E-state index is -0.0485. The summed E-state index contributed by atoms with van der Waals surface area (Å²) in [6.45, 7) is 12.0. The molecule has 0 radical (unpaired) electrons. The van der Waals surface area contributed by atoms with Crippen LogP contribution in [-0.2, 0) is 24.9 Å². The molecular weight excluding hydrogens is 306 g/mol. The second kappa shape index (κ2) is 7.99. The minimum absolute atomic E-state index is 0.0485. The second-order valence-corrected chi connectivity index (χ2v) is 6.56. The van der Waals surface area contributed by atoms with Gasteiger partial charge >= 0.3 is 0 Å². The number of guanidine groups is 1. The average Bonchev–Trinajstić information content (AvgIpc) is 3.18. The summed E-state index contributed by atoms with van der Waals surface area (Å²) < 4.78 is 11.0. The molecule has 0 aromatic carbocycles. The zero-order valence-corrected chi connectivity index (χ0v) is 15.1. The Morgan fingerprint density at radius 2 is 2.04 bits per heavy atom. The number of aromatic nitrogens is 2. The van der Waals surface area contributed by atoms with Crippen molar-refractivity contribution in [2.24, 2.45) is 4.99 Å². The minimum Gasteiger partial charge on any atom is -0.443 e. The van der Waals surface area contributed by atoms with Gasteiger partial charge in [-0.05, 0) is 13.3 Å². The van der Waals surface area contributed by atoms with Crippen LogP contribution in [0.25, 0.3) is 0 Å². The van der Waals surface area contributed by atoms with Crippen LogP contribution in [0.5, 0.6) is 0 Å². The molecule has 7 heteroatoms. The number of hydrogen-bond acceptors (Lipinski definition) is 5. The van der Waals surface area contributed by atoms with E-state index >= 15 is 0 Å². The molecule has 0 amide bonds. The predicted molar refractivity (Wildman–Crippen MR) is 92.7 cm³/mol. The van der Waals surface area contributed by atoms with Gasteiger partial charge in [-0.3, -0.25) is 0 Å². The first-order valence-corrected chi connectivity index (χ1v) is 8.34. The van der Waals surface area contributed by atoms with Gasteiger partial charge in [-0.2, -0.15) is 0 Å². The lowest BCUT2D eigenvalue weighted by Gasteiger charge is -2.13. The molecule has 0 atom stereocenters. The molecule has 2 heterocycles. The third-order valence-corrected chi connectivity index (χ3v) is 3.41. The van der Waals surface area contributed by atoms with Crippen molar-refractivity contribution in [3.63, 3.8) is 0 Å². The van der Waals surface area contributed by atoms with Gasteiger partial charge in [0.25, 0.3) is 0 Å². The first-order valence-electron chi connectivity index (χ1n) is 8.34. The van der Waals surface area contributed by atoms with Crippen LogP contribution in [0.4, 0.5) is 0 Å². The van der Waals surface area contributed by atoms with E-state index in [9.17, 15) is 0 Å². The zero-order chi connectivity index (χ0) is 17.6. The van der Waals surface area contributed by atoms with E-state index in [1.165, 1.54) is 0 Å². The van der Waals surface area contributed by atoms with Crippen LogP contribution in [0.15, 0.2) is 26.2 Å². The molecule has 7 nitrogen and oxygen atoms in total. The van der Waals surface area contributed by atoms with Crippen LogP contribution in [0.2, 0.25) is 0 Å². The average molecular weight is 333 g/mol. The largest absolute Gasteiger partial charge is 0.443 e. The van der Waals surface area contributed by atoms with Gasteiger partial charge in [0.15, 0.2) is 11.7 Å². The topological polar surface area (TPSA) is 88.5 Å². The van der Waals surface area contributed by atoms with Gasteiger partial charge in [-0.25, -0.2) is 9.98 Å². The Kier molecular flexibility index (Phi) is 6.00. The quantitative estimate of drug-likeness (QED) is 0.624. The number of nitrogens with zero attached hydrogens (tertiary/aromatic N) is 3. The molecule has 132 valence electrons. The Labute approximate surface area is 142 Å². The number of hydrogen-bond donors (Lipinski definition) is 2. The van der Waals surface area contributed by atoms with Crippen LogP contribution >= 0.6 is 0 Å². The maximum absolute atomic E-state index is 5.77. The molecule has 0 unspecified atom stereocenters. The number of rotatable bonds is 6. The first kappa shape index (κ1) is 18.0. The summed E-state index contributed by atoms with van der Waals surface area (Å²) in [6.07, 6.45) is 2.63. The highest BCUT2D eigenvalue weighted by atomic mass is 16.5. The lowest BCUT2D eigenvalue weighted by Crippen LogP contribution is -2.36. The standard InChI is InChI=1S/C17H27N5O2/c1-6-12-8-13(24-22-12)9-20-16(18-7-2)21-11-15-19-10-14(23-15)17(3,4)5/h8,10H,6-7,9,11H2,1-5H3,(H2,18,20,21). The van der Waals surface area contributed by atoms with Gasteiger partial charge in [0.1, 0.15) is 12.3 Å². The molecule has 0 aliphatic carbocycles. The fourth-order valence-corrected chi connectivity index (χ4v) is 1.99. The van der Waals surface area contributed by atoms with Crippen molar-refractivity contribution in [2.75, 3.05) is 6.54 Å². The molecule has 2 aromatic rings. The SMILES string of the molecule is CCNC(=NCc1cc(CC)no1)NCc1ncc(C(C)(C)C)o1. The summed E-state index contributed by atoms with van der Waals surface area (Å²) in [4.78, 5) is 8.80. The van der Waals surface area contributed by atoms with Gasteiger partial charge in [0.05, 0.1) is 18.4 Å². The van der Waals surface area contributed by atoms with Gasteiger partial charge in [-0.1, -0.05) is 32.9 Å². The van der Waals surface area contributed by atoms with E-state index in [0.29, 0.717) is 24.9 Å². The number of aliphatic imine (C=N–C) groups is 1. The number of oxazole rings is 1. The van der Waals surface area contributed by atoms with E-state index in [1.807, 2.05) is 19.9 Å². The second-order valence-electron chi connectivity index (χ2n) is 6.56. The van der Waals surface area contributed by atoms with Gasteiger partial charge in [-0.15, -0.1) is 0 Å². The van der Waals surface area contributed by atoms with Crippen molar-refractivity contribution in [3.8, 4) is 0 Å². The van der Waals surface area contributed by atoms with Crippen molar-refractivity contribution >= 4 is 5.96 Å². The van der Waals surface area contributed by atoms with E-state index in [-0.39, 0.29) is 5.41 Å². The highest BCUT2D eigenvalue weighted by Crippen LogP contribution is 2.22. The van der Waals surface area contributed by atoms with Crippen LogP contribution < -0.4 is 10.6 Å². The Hall–Kier alpha value is -2.31. The van der Waals surface area contributed by atoms with E-state index < -0.39 is 0 Å². The highest BCUT2D eigenvalue weighted by molar-refractivity contribution is 5.79. The first-order chi connectivity index (χ1) is 11.4. The molecule has 0 bridgehead atoms. The third-order valence-electron chi connectivity index (χ3n) is 3.41. The maximum atomic E-state index is 5.77. The van der Waals surface area contributed by atoms with Crippen molar-refractivity contribution < 1.29 is 8.94 Å². The Morgan fingerprint density at radius 1 is 1.25 bits per heavy atom. The van der Waals surface area contributed by atoms with Gasteiger partial charge in [0, 0.05) is 18.0 Å². The van der Waals surface area contributed by atoms with Crippen molar-refractivity contribution in [1.29, 1.82) is 0 Å². The van der Waals surface area contributed by atoms with E-state index in [2.05, 4.69) is 46.5 Å². The highest BCUT2D eigenvalue weighted by Gasteiger charge is 2.19. The fourth-order valence-electron chi connectivity index (χ4n) is 1.99. The molecule has 0 saturated heterocycles. The Balaban J connectivity index is 1.95. The predicted octanol–water partition coefficient (Wildman–Crippen LogP) is 2.78. The normalized spacial score (nSPS) is 12.5. The monoisotopic (exact) mass is 333 g/mol. The molecular formula is C17H27N5O2. The maximum Gasteiger partial charge on any atom is 0.213 e. The van der Waals surface area contributed by atoms with E-state index in [1.54, 1.807) is 6.20 Å². The van der Waals surface area contributed by atoms with Gasteiger partial charge < -0.3 is 19.6 Å². The fraction of sp³-hybridized carbons (Fsp3) is 0.588. The Bertz CT molecular complexity index is 667. The molecule has 0 aliphatic heterocycles. The van der Waals surface area contributed by atoms with Crippen LogP contribution in [0, 0.1) is 0 Å². The van der Waals surface area contributed by atoms with E-state index in [0.717, 1.165) is 30.2 Å². The summed E-state index contributed by atoms with van der Waals surface area (Å²) >= 11 is 0. The number of aryl methyl sites for hydroxylation is 1. The molecule has 0 spiro atoms. The molecule has 2 aromatic heterocycles. The van der Waals surface area contributed by atoms with Crippen molar-refractivity contribution in [2.45, 2.75) is 59.5 Å². The van der Waals surface area contributed by atoms with Crippen LogP contribution in [0.3, 0.4) is 0 Å². The summed E-state index contributed by atoms with van der Waals surface area (Å²) in [5.74, 6) is 2.94. The summed E-state index contributed by atoms with van der Waals surface area (Å²) in [6, 6.07) is 1.93. The molecule has 24 heavy (non-hydrogen) atoms. The molecule has 0 saturated carbocycles. The third kappa shape index (κ3) is 5.11. The molecule has 2 N–H and O–H groups in total. The zero-order valence-electron chi connectivity index (χ0n) is 15.1. The lowest BCUT2D eigenvalue weighted by molar-refractivity contribution is 0.377. The van der Waals surface area contributed by atoms with E-state index in [4.69, 9.17) is 8.94 Å². The lowest BCUT2D eigenvalue weighted by atomic mass is 9.94. The molecule has 0 aliphatic rings. The van der Waals surface area contributed by atoms with Crippen molar-refractivity contribution in [3.05, 3.63) is 35.4 Å². The smallest absolute Gasteiger partial charge is 0.213 e. The molecule has 2 rings (SSSR count). The molecule has 0 fully saturated rings. The van der Waals surface area contributed by atoms with Crippen LogP contribution in [0.1, 0.15) is 57.7 Å². The summed E-state index contributed by atoms with van der Waals surface area (Å²) in [5.41, 5.74) is 0.889. The van der Waals surface area contributed by atoms with Gasteiger partial charge in [0.2, 0.25) is 5.89 Å². The van der Waals surface area contributed by atoms with Crippen molar-refractivity contribution in [1.82, 2.24) is 20.8 Å². The van der Waals surface area contributed by atoms with Crippen LogP contribution in [-0.4, -0.2) is 22.6 Å². The summed E-state index contributed by atoms with van der Waals surface area (Å²) in [5, 5.41) is 10.4. The number of nitrogens with one attached hydrogen (secondary N) is 2. The summed E-state index contributed by atoms with van der Waals surface area (Å²) in [7, 11) is 0.